The van der Waals surface area contributed by atoms with Crippen molar-refractivity contribution in [1.29, 1.82) is 0 Å². The van der Waals surface area contributed by atoms with Gasteiger partial charge in [0.15, 0.2) is 0 Å². The van der Waals surface area contributed by atoms with Crippen LogP contribution in [-0.4, -0.2) is 31.1 Å². The molecule has 1 fully saturated rings. The van der Waals surface area contributed by atoms with Crippen LogP contribution in [0.15, 0.2) is 30.3 Å². The lowest BCUT2D eigenvalue weighted by molar-refractivity contribution is -0.116. The maximum atomic E-state index is 11.6. The minimum atomic E-state index is -0.154. The highest BCUT2D eigenvalue weighted by Crippen LogP contribution is 2.18. The Bertz CT molecular complexity index is 443. The lowest BCUT2D eigenvalue weighted by Gasteiger charge is -2.21. The molecule has 0 unspecified atom stereocenters. The van der Waals surface area contributed by atoms with E-state index in [-0.39, 0.29) is 11.9 Å². The van der Waals surface area contributed by atoms with E-state index in [0.29, 0.717) is 19.1 Å². The number of urea groups is 1. The zero-order valence-corrected chi connectivity index (χ0v) is 11.1. The molecular weight excluding hydrogens is 242 g/mol. The van der Waals surface area contributed by atoms with Crippen molar-refractivity contribution in [2.45, 2.75) is 25.8 Å². The third kappa shape index (κ3) is 4.28. The molecule has 0 spiro atoms. The lowest BCUT2D eigenvalue weighted by atomic mass is 10.3. The molecule has 1 aromatic rings. The molecule has 2 rings (SSSR count). The third-order valence-corrected chi connectivity index (χ3v) is 2.98. The second-order valence-corrected chi connectivity index (χ2v) is 4.68. The highest BCUT2D eigenvalue weighted by Gasteiger charge is 2.23. The fourth-order valence-corrected chi connectivity index (χ4v) is 1.82. The monoisotopic (exact) mass is 261 g/mol. The molecule has 0 atom stereocenters. The molecule has 3 amide bonds. The van der Waals surface area contributed by atoms with Gasteiger partial charge in [-0.3, -0.25) is 4.79 Å². The molecule has 1 saturated carbocycles. The quantitative estimate of drug-likeness (QED) is 0.843. The Hall–Kier alpha value is -2.04. The Balaban J connectivity index is 1.80. The van der Waals surface area contributed by atoms with Crippen molar-refractivity contribution < 1.29 is 9.59 Å². The van der Waals surface area contributed by atoms with Gasteiger partial charge in [-0.15, -0.1) is 0 Å². The van der Waals surface area contributed by atoms with E-state index in [9.17, 15) is 9.59 Å². The third-order valence-electron chi connectivity index (χ3n) is 2.98. The van der Waals surface area contributed by atoms with Crippen LogP contribution in [0.5, 0.6) is 0 Å². The molecule has 0 radical (unpaired) electrons. The summed E-state index contributed by atoms with van der Waals surface area (Å²) in [6.07, 6.45) is 2.13. The molecule has 0 aliphatic heterocycles. The van der Waals surface area contributed by atoms with Gasteiger partial charge in [-0.2, -0.15) is 0 Å². The second-order valence-electron chi connectivity index (χ2n) is 4.68. The summed E-state index contributed by atoms with van der Waals surface area (Å²) in [5.74, 6) is -0.0319. The van der Waals surface area contributed by atoms with Crippen LogP contribution in [0.4, 0.5) is 10.5 Å². The van der Waals surface area contributed by atoms with Crippen LogP contribution >= 0.6 is 0 Å². The summed E-state index contributed by atoms with van der Waals surface area (Å²) >= 11 is 0. The fraction of sp³-hybridized carbons (Fsp3) is 0.429. The van der Waals surface area contributed by atoms with E-state index in [1.54, 1.807) is 4.90 Å². The van der Waals surface area contributed by atoms with E-state index in [4.69, 9.17) is 0 Å². The maximum Gasteiger partial charge on any atom is 0.315 e. The largest absolute Gasteiger partial charge is 0.336 e. The van der Waals surface area contributed by atoms with Gasteiger partial charge in [-0.1, -0.05) is 18.2 Å². The van der Waals surface area contributed by atoms with E-state index in [0.717, 1.165) is 18.5 Å². The van der Waals surface area contributed by atoms with Crippen molar-refractivity contribution in [1.82, 2.24) is 10.6 Å². The molecular formula is C14H19N3O2. The van der Waals surface area contributed by atoms with Gasteiger partial charge < -0.3 is 15.5 Å². The van der Waals surface area contributed by atoms with E-state index in [1.807, 2.05) is 30.3 Å². The van der Waals surface area contributed by atoms with Gasteiger partial charge in [0.05, 0.1) is 0 Å². The number of anilines is 1. The zero-order chi connectivity index (χ0) is 13.7. The minimum Gasteiger partial charge on any atom is -0.336 e. The molecule has 102 valence electrons. The number of carbonyl (C=O) groups excluding carboxylic acids is 2. The zero-order valence-electron chi connectivity index (χ0n) is 11.1. The highest BCUT2D eigenvalue weighted by molar-refractivity contribution is 5.91. The first kappa shape index (κ1) is 13.4. The molecule has 1 aliphatic rings. The van der Waals surface area contributed by atoms with Crippen molar-refractivity contribution in [2.24, 2.45) is 0 Å². The molecule has 0 saturated heterocycles. The minimum absolute atomic E-state index is 0.0319. The highest BCUT2D eigenvalue weighted by atomic mass is 16.2. The summed E-state index contributed by atoms with van der Waals surface area (Å²) in [5, 5.41) is 5.61. The smallest absolute Gasteiger partial charge is 0.315 e. The van der Waals surface area contributed by atoms with Crippen LogP contribution in [-0.2, 0) is 4.79 Å². The average molecular weight is 261 g/mol. The van der Waals surface area contributed by atoms with E-state index < -0.39 is 0 Å². The number of amides is 3. The summed E-state index contributed by atoms with van der Waals surface area (Å²) in [7, 11) is 0. The Kier molecular flexibility index (Phi) is 4.39. The lowest BCUT2D eigenvalue weighted by Crippen LogP contribution is -2.42. The summed E-state index contributed by atoms with van der Waals surface area (Å²) in [6.45, 7) is 2.43. The van der Waals surface area contributed by atoms with E-state index >= 15 is 0 Å². The summed E-state index contributed by atoms with van der Waals surface area (Å²) in [6, 6.07) is 9.63. The number of hydrogen-bond donors (Lipinski definition) is 2. The van der Waals surface area contributed by atoms with Crippen molar-refractivity contribution in [3.8, 4) is 0 Å². The molecule has 5 heteroatoms. The molecule has 19 heavy (non-hydrogen) atoms. The topological polar surface area (TPSA) is 61.4 Å². The Morgan fingerprint density at radius 1 is 1.26 bits per heavy atom. The molecule has 5 nitrogen and oxygen atoms in total. The number of carbonyl (C=O) groups is 2. The number of para-hydroxylation sites is 1. The molecule has 0 aromatic heterocycles. The van der Waals surface area contributed by atoms with Crippen LogP contribution in [0.3, 0.4) is 0 Å². The summed E-state index contributed by atoms with van der Waals surface area (Å²) < 4.78 is 0. The average Bonchev–Trinajstić information content (AvgIpc) is 3.19. The van der Waals surface area contributed by atoms with Crippen LogP contribution < -0.4 is 15.5 Å². The van der Waals surface area contributed by atoms with Gasteiger partial charge in [0.1, 0.15) is 0 Å². The standard InChI is InChI=1S/C14H19N3O2/c1-11(18)17(13-5-3-2-4-6-13)10-9-15-14(19)16-12-7-8-12/h2-6,12H,7-10H2,1H3,(H2,15,16,19). The van der Waals surface area contributed by atoms with Crippen LogP contribution in [0.1, 0.15) is 19.8 Å². The normalized spacial score (nSPS) is 13.7. The predicted molar refractivity (Wildman–Crippen MR) is 74.0 cm³/mol. The second kappa shape index (κ2) is 6.22. The predicted octanol–water partition coefficient (Wildman–Crippen LogP) is 1.50. The first-order valence-corrected chi connectivity index (χ1v) is 6.54. The maximum absolute atomic E-state index is 11.6. The van der Waals surface area contributed by atoms with Crippen LogP contribution in [0.2, 0.25) is 0 Å². The molecule has 2 N–H and O–H groups in total. The first-order valence-electron chi connectivity index (χ1n) is 6.54. The Morgan fingerprint density at radius 3 is 2.53 bits per heavy atom. The van der Waals surface area contributed by atoms with Crippen molar-refractivity contribution >= 4 is 17.6 Å². The molecule has 1 aliphatic carbocycles. The fourth-order valence-electron chi connectivity index (χ4n) is 1.82. The van der Waals surface area contributed by atoms with Gasteiger partial charge in [0, 0.05) is 31.7 Å². The van der Waals surface area contributed by atoms with Crippen molar-refractivity contribution in [3.63, 3.8) is 0 Å². The van der Waals surface area contributed by atoms with Gasteiger partial charge in [0.2, 0.25) is 5.91 Å². The molecule has 0 heterocycles. The molecule has 1 aromatic carbocycles. The Labute approximate surface area is 113 Å². The molecule has 0 bridgehead atoms. The van der Waals surface area contributed by atoms with Gasteiger partial charge in [0.25, 0.3) is 0 Å². The summed E-state index contributed by atoms with van der Waals surface area (Å²) in [4.78, 5) is 24.7. The summed E-state index contributed by atoms with van der Waals surface area (Å²) in [5.41, 5.74) is 0.847. The first-order chi connectivity index (χ1) is 9.16. The van der Waals surface area contributed by atoms with Gasteiger partial charge >= 0.3 is 6.03 Å². The van der Waals surface area contributed by atoms with Crippen molar-refractivity contribution in [3.05, 3.63) is 30.3 Å². The Morgan fingerprint density at radius 2 is 1.95 bits per heavy atom. The van der Waals surface area contributed by atoms with E-state index in [2.05, 4.69) is 10.6 Å². The number of benzene rings is 1. The number of nitrogens with one attached hydrogen (secondary N) is 2. The number of hydrogen-bond acceptors (Lipinski definition) is 2. The number of rotatable bonds is 5. The van der Waals surface area contributed by atoms with Gasteiger partial charge in [-0.25, -0.2) is 4.79 Å². The van der Waals surface area contributed by atoms with Crippen LogP contribution in [0, 0.1) is 0 Å². The van der Waals surface area contributed by atoms with Crippen molar-refractivity contribution in [2.75, 3.05) is 18.0 Å². The number of nitrogens with zero attached hydrogens (tertiary/aromatic N) is 1. The van der Waals surface area contributed by atoms with E-state index in [1.165, 1.54) is 6.92 Å². The van der Waals surface area contributed by atoms with Crippen LogP contribution in [0.25, 0.3) is 0 Å². The van der Waals surface area contributed by atoms with Gasteiger partial charge in [-0.05, 0) is 25.0 Å². The SMILES string of the molecule is CC(=O)N(CCNC(=O)NC1CC1)c1ccccc1.